The molecule has 0 aliphatic heterocycles. The standard InChI is InChI=1S/C22H19ClFN5O3/c1-11(26-18-5-4-14(24)8-16(18)22(31)32)15-6-13(23)7-17-19(15)27-20(29(3)21(17)30)12-9-25-28(2)10-12/h4-11,26H,1-3H3,(H,31,32)/t11-/m1/s1. The molecular formula is C22H19ClFN5O3. The normalized spacial score (nSPS) is 12.2. The van der Waals surface area contributed by atoms with Crippen LogP contribution in [0.5, 0.6) is 0 Å². The molecule has 0 bridgehead atoms. The topological polar surface area (TPSA) is 102 Å². The first-order valence-electron chi connectivity index (χ1n) is 9.64. The average Bonchev–Trinajstić information content (AvgIpc) is 3.17. The second-order valence-electron chi connectivity index (χ2n) is 7.45. The zero-order chi connectivity index (χ0) is 23.2. The van der Waals surface area contributed by atoms with Crippen molar-refractivity contribution in [2.24, 2.45) is 14.1 Å². The zero-order valence-electron chi connectivity index (χ0n) is 17.4. The molecule has 0 radical (unpaired) electrons. The molecule has 4 rings (SSSR count). The number of nitrogens with one attached hydrogen (secondary N) is 1. The van der Waals surface area contributed by atoms with Gasteiger partial charge in [0.15, 0.2) is 0 Å². The number of halogens is 2. The van der Waals surface area contributed by atoms with E-state index in [4.69, 9.17) is 16.6 Å². The predicted octanol–water partition coefficient (Wildman–Crippen LogP) is 4.00. The highest BCUT2D eigenvalue weighted by Crippen LogP contribution is 2.30. The third-order valence-corrected chi connectivity index (χ3v) is 5.41. The molecule has 0 aliphatic rings. The van der Waals surface area contributed by atoms with Gasteiger partial charge in [-0.25, -0.2) is 14.2 Å². The number of benzene rings is 2. The lowest BCUT2D eigenvalue weighted by Gasteiger charge is -2.20. The number of anilines is 1. The van der Waals surface area contributed by atoms with E-state index in [-0.39, 0.29) is 16.8 Å². The zero-order valence-corrected chi connectivity index (χ0v) is 18.2. The van der Waals surface area contributed by atoms with Crippen LogP contribution in [-0.4, -0.2) is 30.4 Å². The lowest BCUT2D eigenvalue weighted by atomic mass is 10.0. The Hall–Kier alpha value is -3.72. The van der Waals surface area contributed by atoms with Crippen molar-refractivity contribution < 1.29 is 14.3 Å². The molecule has 0 fully saturated rings. The summed E-state index contributed by atoms with van der Waals surface area (Å²) in [5, 5.41) is 17.3. The molecule has 0 spiro atoms. The van der Waals surface area contributed by atoms with Gasteiger partial charge < -0.3 is 10.4 Å². The van der Waals surface area contributed by atoms with E-state index >= 15 is 0 Å². The van der Waals surface area contributed by atoms with Gasteiger partial charge in [0.1, 0.15) is 11.6 Å². The number of aryl methyl sites for hydroxylation is 1. The summed E-state index contributed by atoms with van der Waals surface area (Å²) in [7, 11) is 3.39. The summed E-state index contributed by atoms with van der Waals surface area (Å²) in [6.45, 7) is 1.78. The van der Waals surface area contributed by atoms with Crippen LogP contribution in [0.15, 0.2) is 47.5 Å². The maximum absolute atomic E-state index is 13.6. The quantitative estimate of drug-likeness (QED) is 0.471. The average molecular weight is 456 g/mol. The molecule has 0 saturated heterocycles. The molecule has 2 aromatic carbocycles. The van der Waals surface area contributed by atoms with Crippen LogP contribution >= 0.6 is 11.6 Å². The van der Waals surface area contributed by atoms with Crippen LogP contribution < -0.4 is 10.9 Å². The lowest BCUT2D eigenvalue weighted by molar-refractivity contribution is 0.0697. The van der Waals surface area contributed by atoms with E-state index < -0.39 is 17.8 Å². The molecule has 0 amide bonds. The van der Waals surface area contributed by atoms with Gasteiger partial charge in [-0.05, 0) is 37.3 Å². The van der Waals surface area contributed by atoms with E-state index in [2.05, 4.69) is 10.4 Å². The van der Waals surface area contributed by atoms with Crippen molar-refractivity contribution >= 4 is 34.2 Å². The van der Waals surface area contributed by atoms with Crippen molar-refractivity contribution in [1.82, 2.24) is 19.3 Å². The summed E-state index contributed by atoms with van der Waals surface area (Å²) in [5.41, 5.74) is 1.44. The smallest absolute Gasteiger partial charge is 0.337 e. The van der Waals surface area contributed by atoms with E-state index in [9.17, 15) is 19.1 Å². The van der Waals surface area contributed by atoms with Crippen LogP contribution in [0, 0.1) is 5.82 Å². The molecule has 2 N–H and O–H groups in total. The van der Waals surface area contributed by atoms with Gasteiger partial charge in [0.2, 0.25) is 0 Å². The lowest BCUT2D eigenvalue weighted by Crippen LogP contribution is -2.21. The number of fused-ring (bicyclic) bond motifs is 1. The van der Waals surface area contributed by atoms with E-state index in [1.807, 2.05) is 0 Å². The van der Waals surface area contributed by atoms with Crippen molar-refractivity contribution in [1.29, 1.82) is 0 Å². The Labute approximate surface area is 186 Å². The Morgan fingerprint density at radius 1 is 1.25 bits per heavy atom. The Balaban J connectivity index is 1.88. The maximum atomic E-state index is 13.6. The molecule has 8 nitrogen and oxygen atoms in total. The molecule has 2 aromatic heterocycles. The van der Waals surface area contributed by atoms with Crippen LogP contribution in [0.1, 0.15) is 28.9 Å². The molecule has 164 valence electrons. The number of carboxylic acid groups (broad SMARTS) is 1. The number of carbonyl (C=O) groups is 1. The fraction of sp³-hybridized carbons (Fsp3) is 0.182. The van der Waals surface area contributed by atoms with Gasteiger partial charge in [-0.3, -0.25) is 14.0 Å². The minimum absolute atomic E-state index is 0.205. The predicted molar refractivity (Wildman–Crippen MR) is 120 cm³/mol. The summed E-state index contributed by atoms with van der Waals surface area (Å²) in [6.07, 6.45) is 3.37. The summed E-state index contributed by atoms with van der Waals surface area (Å²) in [5.74, 6) is -1.49. The SMILES string of the molecule is C[C@@H](Nc1ccc(F)cc1C(=O)O)c1cc(Cl)cc2c(=O)n(C)c(-c3cnn(C)c3)nc12. The van der Waals surface area contributed by atoms with Crippen LogP contribution in [0.2, 0.25) is 5.02 Å². The maximum Gasteiger partial charge on any atom is 0.337 e. The first kappa shape index (κ1) is 21.5. The first-order valence-corrected chi connectivity index (χ1v) is 10.0. The fourth-order valence-corrected chi connectivity index (χ4v) is 3.85. The van der Waals surface area contributed by atoms with Crippen molar-refractivity contribution in [3.8, 4) is 11.4 Å². The van der Waals surface area contributed by atoms with Gasteiger partial charge in [-0.1, -0.05) is 11.6 Å². The van der Waals surface area contributed by atoms with Crippen molar-refractivity contribution in [2.45, 2.75) is 13.0 Å². The Kier molecular flexibility index (Phi) is 5.43. The molecule has 10 heteroatoms. The van der Waals surface area contributed by atoms with Crippen molar-refractivity contribution in [2.75, 3.05) is 5.32 Å². The molecule has 0 saturated carbocycles. The monoisotopic (exact) mass is 455 g/mol. The summed E-state index contributed by atoms with van der Waals surface area (Å²) >= 11 is 6.30. The van der Waals surface area contributed by atoms with Crippen LogP contribution in [0.4, 0.5) is 10.1 Å². The summed E-state index contributed by atoms with van der Waals surface area (Å²) < 4.78 is 16.6. The Morgan fingerprint density at radius 2 is 2.00 bits per heavy atom. The van der Waals surface area contributed by atoms with Crippen molar-refractivity contribution in [3.63, 3.8) is 0 Å². The number of rotatable bonds is 5. The molecule has 1 atom stereocenters. The number of nitrogens with zero attached hydrogens (tertiary/aromatic N) is 4. The van der Waals surface area contributed by atoms with Crippen LogP contribution in [-0.2, 0) is 14.1 Å². The molecule has 0 aliphatic carbocycles. The van der Waals surface area contributed by atoms with Gasteiger partial charge in [-0.2, -0.15) is 5.10 Å². The highest BCUT2D eigenvalue weighted by atomic mass is 35.5. The molecule has 0 unspecified atom stereocenters. The summed E-state index contributed by atoms with van der Waals surface area (Å²) in [6, 6.07) is 6.20. The number of hydrogen-bond acceptors (Lipinski definition) is 5. The van der Waals surface area contributed by atoms with E-state index in [0.717, 1.165) is 6.07 Å². The van der Waals surface area contributed by atoms with Gasteiger partial charge in [0.05, 0.1) is 34.3 Å². The van der Waals surface area contributed by atoms with Crippen LogP contribution in [0.3, 0.4) is 0 Å². The summed E-state index contributed by atoms with van der Waals surface area (Å²) in [4.78, 5) is 29.4. The fourth-order valence-electron chi connectivity index (χ4n) is 3.62. The van der Waals surface area contributed by atoms with Gasteiger partial charge >= 0.3 is 5.97 Å². The second kappa shape index (κ2) is 8.08. The number of aromatic nitrogens is 4. The Bertz CT molecular complexity index is 1430. The van der Waals surface area contributed by atoms with E-state index in [0.29, 0.717) is 32.9 Å². The number of carboxylic acids is 1. The largest absolute Gasteiger partial charge is 0.478 e. The number of aromatic carboxylic acids is 1. The van der Waals surface area contributed by atoms with E-state index in [1.54, 1.807) is 50.2 Å². The van der Waals surface area contributed by atoms with Crippen molar-refractivity contribution in [3.05, 3.63) is 75.0 Å². The minimum Gasteiger partial charge on any atom is -0.478 e. The number of hydrogen-bond donors (Lipinski definition) is 2. The van der Waals surface area contributed by atoms with Gasteiger partial charge in [0, 0.05) is 36.6 Å². The molecule has 4 aromatic rings. The van der Waals surface area contributed by atoms with Gasteiger partial charge in [0.25, 0.3) is 5.56 Å². The Morgan fingerprint density at radius 3 is 2.66 bits per heavy atom. The minimum atomic E-state index is -1.26. The second-order valence-corrected chi connectivity index (χ2v) is 7.89. The highest BCUT2D eigenvalue weighted by molar-refractivity contribution is 6.31. The van der Waals surface area contributed by atoms with Gasteiger partial charge in [-0.15, -0.1) is 0 Å². The third kappa shape index (κ3) is 3.82. The molecular weight excluding hydrogens is 437 g/mol. The third-order valence-electron chi connectivity index (χ3n) is 5.19. The molecule has 2 heterocycles. The highest BCUT2D eigenvalue weighted by Gasteiger charge is 2.20. The van der Waals surface area contributed by atoms with E-state index in [1.165, 1.54) is 16.7 Å². The first-order chi connectivity index (χ1) is 15.2. The van der Waals surface area contributed by atoms with Crippen LogP contribution in [0.25, 0.3) is 22.3 Å². The molecule has 32 heavy (non-hydrogen) atoms.